The molecular formula is C27H32F2O. The Balaban J connectivity index is 1.56. The number of aryl methyl sites for hydroxylation is 1. The second-order valence-electron chi connectivity index (χ2n) is 8.21. The van der Waals surface area contributed by atoms with E-state index >= 15 is 0 Å². The van der Waals surface area contributed by atoms with E-state index in [0.717, 1.165) is 51.4 Å². The minimum atomic E-state index is -0.933. The molecule has 0 amide bonds. The van der Waals surface area contributed by atoms with Gasteiger partial charge in [-0.25, -0.2) is 4.39 Å². The first kappa shape index (κ1) is 22.3. The van der Waals surface area contributed by atoms with Crippen LogP contribution < -0.4 is 4.74 Å². The first-order valence-electron chi connectivity index (χ1n) is 11.3. The largest absolute Gasteiger partial charge is 0.490 e. The van der Waals surface area contributed by atoms with Crippen LogP contribution in [0.1, 0.15) is 81.4 Å². The summed E-state index contributed by atoms with van der Waals surface area (Å²) in [7, 11) is 0. The Kier molecular flexibility index (Phi) is 8.31. The molecule has 0 atom stereocenters. The van der Waals surface area contributed by atoms with E-state index in [9.17, 15) is 8.78 Å². The summed E-state index contributed by atoms with van der Waals surface area (Å²) in [6, 6.07) is 12.0. The molecule has 1 fully saturated rings. The van der Waals surface area contributed by atoms with Crippen LogP contribution in [0.5, 0.6) is 5.75 Å². The molecule has 1 nitrogen and oxygen atoms in total. The highest BCUT2D eigenvalue weighted by Gasteiger charge is 2.21. The van der Waals surface area contributed by atoms with Gasteiger partial charge in [-0.2, -0.15) is 4.39 Å². The normalized spacial score (nSPS) is 18.5. The van der Waals surface area contributed by atoms with Crippen molar-refractivity contribution in [2.75, 3.05) is 6.61 Å². The van der Waals surface area contributed by atoms with Crippen LogP contribution in [0.3, 0.4) is 0 Å². The van der Waals surface area contributed by atoms with E-state index in [2.05, 4.69) is 50.0 Å². The van der Waals surface area contributed by atoms with E-state index < -0.39 is 11.6 Å². The van der Waals surface area contributed by atoms with E-state index in [0.29, 0.717) is 12.5 Å². The van der Waals surface area contributed by atoms with E-state index in [1.165, 1.54) is 23.3 Å². The molecular weight excluding hydrogens is 378 g/mol. The Morgan fingerprint density at radius 3 is 2.30 bits per heavy atom. The molecule has 160 valence electrons. The predicted octanol–water partition coefficient (Wildman–Crippen LogP) is 7.42. The van der Waals surface area contributed by atoms with Crippen molar-refractivity contribution in [2.45, 2.75) is 71.1 Å². The van der Waals surface area contributed by atoms with E-state index in [4.69, 9.17) is 4.74 Å². The van der Waals surface area contributed by atoms with Crippen molar-refractivity contribution in [3.63, 3.8) is 0 Å². The average Bonchev–Trinajstić information content (AvgIpc) is 2.79. The molecule has 0 heterocycles. The Hall–Kier alpha value is -2.34. The summed E-state index contributed by atoms with van der Waals surface area (Å²) in [5, 5.41) is 0. The summed E-state index contributed by atoms with van der Waals surface area (Å²) >= 11 is 0. The van der Waals surface area contributed by atoms with Gasteiger partial charge in [0.05, 0.1) is 12.2 Å². The molecule has 0 N–H and O–H groups in total. The van der Waals surface area contributed by atoms with Crippen molar-refractivity contribution < 1.29 is 13.5 Å². The Labute approximate surface area is 179 Å². The van der Waals surface area contributed by atoms with E-state index in [-0.39, 0.29) is 17.2 Å². The molecule has 1 aliphatic rings. The van der Waals surface area contributed by atoms with Gasteiger partial charge < -0.3 is 4.74 Å². The number of halogens is 2. The van der Waals surface area contributed by atoms with E-state index in [1.54, 1.807) is 0 Å². The third-order valence-electron chi connectivity index (χ3n) is 6.05. The number of benzene rings is 2. The van der Waals surface area contributed by atoms with Gasteiger partial charge in [-0.15, -0.1) is 0 Å². The minimum Gasteiger partial charge on any atom is -0.490 e. The maximum atomic E-state index is 14.4. The Morgan fingerprint density at radius 2 is 1.63 bits per heavy atom. The smallest absolute Gasteiger partial charge is 0.201 e. The quantitative estimate of drug-likeness (QED) is 0.341. The van der Waals surface area contributed by atoms with Gasteiger partial charge >= 0.3 is 0 Å². The summed E-state index contributed by atoms with van der Waals surface area (Å²) in [5.74, 6) is 5.01. The molecule has 0 aromatic heterocycles. The molecule has 3 heteroatoms. The molecule has 0 radical (unpaired) electrons. The van der Waals surface area contributed by atoms with Crippen LogP contribution in [0, 0.1) is 29.4 Å². The first-order chi connectivity index (χ1) is 14.6. The highest BCUT2D eigenvalue weighted by Crippen LogP contribution is 2.35. The zero-order chi connectivity index (χ0) is 21.3. The van der Waals surface area contributed by atoms with Gasteiger partial charge in [-0.05, 0) is 67.7 Å². The van der Waals surface area contributed by atoms with Crippen LogP contribution in [-0.2, 0) is 6.42 Å². The lowest BCUT2D eigenvalue weighted by Gasteiger charge is -2.26. The molecule has 1 aliphatic carbocycles. The lowest BCUT2D eigenvalue weighted by atomic mass is 9.79. The highest BCUT2D eigenvalue weighted by atomic mass is 19.2. The minimum absolute atomic E-state index is 0.0243. The molecule has 0 unspecified atom stereocenters. The van der Waals surface area contributed by atoms with Crippen LogP contribution in [0.15, 0.2) is 36.4 Å². The van der Waals surface area contributed by atoms with Gasteiger partial charge in [-0.1, -0.05) is 62.8 Å². The maximum absolute atomic E-state index is 14.4. The molecule has 0 aliphatic heterocycles. The molecule has 2 aromatic carbocycles. The van der Waals surface area contributed by atoms with Crippen LogP contribution in [0.4, 0.5) is 8.78 Å². The lowest BCUT2D eigenvalue weighted by molar-refractivity contribution is 0.286. The number of hydrogen-bond donors (Lipinski definition) is 0. The Morgan fingerprint density at radius 1 is 0.900 bits per heavy atom. The monoisotopic (exact) mass is 410 g/mol. The summed E-state index contributed by atoms with van der Waals surface area (Å²) in [6.07, 6.45) is 8.14. The predicted molar refractivity (Wildman–Crippen MR) is 119 cm³/mol. The lowest BCUT2D eigenvalue weighted by Crippen LogP contribution is -2.12. The molecule has 30 heavy (non-hydrogen) atoms. The second-order valence-corrected chi connectivity index (χ2v) is 8.21. The maximum Gasteiger partial charge on any atom is 0.201 e. The summed E-state index contributed by atoms with van der Waals surface area (Å²) in [4.78, 5) is 0. The zero-order valence-corrected chi connectivity index (χ0v) is 18.1. The van der Waals surface area contributed by atoms with Crippen LogP contribution in [0.25, 0.3) is 0 Å². The standard InChI is InChI=1S/C27H32F2O/c1-3-5-6-19-30-25-18-17-24(26(28)27(25)29)16-11-21-9-14-23(15-10-21)22-12-7-20(4-2)8-13-22/h7-8,12-13,17-18,21,23H,3-6,9-10,14-15,19H2,1-2H3. The third kappa shape index (κ3) is 5.85. The van der Waals surface area contributed by atoms with Gasteiger partial charge in [0.2, 0.25) is 5.82 Å². The van der Waals surface area contributed by atoms with Crippen LogP contribution >= 0.6 is 0 Å². The van der Waals surface area contributed by atoms with Crippen molar-refractivity contribution in [2.24, 2.45) is 5.92 Å². The topological polar surface area (TPSA) is 9.23 Å². The fraction of sp³-hybridized carbons (Fsp3) is 0.481. The van der Waals surface area contributed by atoms with Crippen LogP contribution in [0.2, 0.25) is 0 Å². The third-order valence-corrected chi connectivity index (χ3v) is 6.05. The van der Waals surface area contributed by atoms with Gasteiger partial charge in [0.15, 0.2) is 11.6 Å². The van der Waals surface area contributed by atoms with Crippen molar-refractivity contribution in [3.05, 3.63) is 64.7 Å². The molecule has 2 aromatic rings. The fourth-order valence-corrected chi connectivity index (χ4v) is 4.05. The van der Waals surface area contributed by atoms with E-state index in [1.807, 2.05) is 0 Å². The van der Waals surface area contributed by atoms with Gasteiger partial charge in [-0.3, -0.25) is 0 Å². The molecule has 0 spiro atoms. The summed E-state index contributed by atoms with van der Waals surface area (Å²) < 4.78 is 34.0. The first-order valence-corrected chi connectivity index (χ1v) is 11.3. The van der Waals surface area contributed by atoms with Crippen molar-refractivity contribution in [1.29, 1.82) is 0 Å². The SMILES string of the molecule is CCCCCOc1ccc(C#CC2CCC(c3ccc(CC)cc3)CC2)c(F)c1F. The fourth-order valence-electron chi connectivity index (χ4n) is 4.05. The van der Waals surface area contributed by atoms with Crippen molar-refractivity contribution in [1.82, 2.24) is 0 Å². The van der Waals surface area contributed by atoms with Crippen molar-refractivity contribution >= 4 is 0 Å². The summed E-state index contributed by atoms with van der Waals surface area (Å²) in [5.41, 5.74) is 2.89. The number of ether oxygens (including phenoxy) is 1. The Bertz CT molecular complexity index is 868. The second kappa shape index (κ2) is 11.2. The number of hydrogen-bond acceptors (Lipinski definition) is 1. The zero-order valence-electron chi connectivity index (χ0n) is 18.1. The van der Waals surface area contributed by atoms with Gasteiger partial charge in [0.25, 0.3) is 0 Å². The molecule has 3 rings (SSSR count). The average molecular weight is 411 g/mol. The van der Waals surface area contributed by atoms with Crippen LogP contribution in [-0.4, -0.2) is 6.61 Å². The number of unbranched alkanes of at least 4 members (excludes halogenated alkanes) is 2. The van der Waals surface area contributed by atoms with Gasteiger partial charge in [0, 0.05) is 5.92 Å². The van der Waals surface area contributed by atoms with Crippen molar-refractivity contribution in [3.8, 4) is 17.6 Å². The summed E-state index contributed by atoms with van der Waals surface area (Å²) in [6.45, 7) is 4.66. The molecule has 0 bridgehead atoms. The molecule has 1 saturated carbocycles. The number of rotatable bonds is 7. The highest BCUT2D eigenvalue weighted by molar-refractivity contribution is 5.41. The molecule has 0 saturated heterocycles. The van der Waals surface area contributed by atoms with Gasteiger partial charge in [0.1, 0.15) is 0 Å².